The van der Waals surface area contributed by atoms with Crippen LogP contribution in [0.4, 0.5) is 0 Å². The quantitative estimate of drug-likeness (QED) is 0.768. The molecule has 0 bridgehead atoms. The summed E-state index contributed by atoms with van der Waals surface area (Å²) in [5, 5.41) is 0.244. The van der Waals surface area contributed by atoms with E-state index in [1.165, 1.54) is 7.11 Å². The second-order valence-corrected chi connectivity index (χ2v) is 4.06. The summed E-state index contributed by atoms with van der Waals surface area (Å²) < 4.78 is 4.57. The molecule has 0 unspecified atom stereocenters. The van der Waals surface area contributed by atoms with E-state index in [0.29, 0.717) is 5.69 Å². The van der Waals surface area contributed by atoms with Crippen LogP contribution in [0, 0.1) is 6.92 Å². The highest BCUT2D eigenvalue weighted by atomic mass is 35.5. The number of carbonyl (C=O) groups excluding carboxylic acids is 1. The molecule has 2 aromatic rings. The van der Waals surface area contributed by atoms with Crippen LogP contribution in [-0.2, 0) is 16.0 Å². The number of halogens is 1. The average Bonchev–Trinajstić information content (AvgIpc) is 2.30. The third-order valence-corrected chi connectivity index (χ3v) is 2.69. The van der Waals surface area contributed by atoms with Gasteiger partial charge in [-0.1, -0.05) is 17.7 Å². The van der Waals surface area contributed by atoms with Crippen molar-refractivity contribution in [2.75, 3.05) is 7.11 Å². The summed E-state index contributed by atoms with van der Waals surface area (Å²) in [6, 6.07) is 5.69. The maximum Gasteiger partial charge on any atom is 0.311 e. The van der Waals surface area contributed by atoms with Gasteiger partial charge in [-0.3, -0.25) is 4.79 Å². The van der Waals surface area contributed by atoms with Gasteiger partial charge >= 0.3 is 5.97 Å². The van der Waals surface area contributed by atoms with Crippen molar-refractivity contribution < 1.29 is 9.53 Å². The normalized spacial score (nSPS) is 10.5. The van der Waals surface area contributed by atoms with Crippen molar-refractivity contribution in [3.63, 3.8) is 0 Å². The third kappa shape index (κ3) is 2.53. The number of ether oxygens (including phenoxy) is 1. The lowest BCUT2D eigenvalue weighted by molar-refractivity contribution is -0.139. The Hall–Kier alpha value is -1.68. The van der Waals surface area contributed by atoms with E-state index in [0.717, 1.165) is 16.6 Å². The lowest BCUT2D eigenvalue weighted by Gasteiger charge is -2.04. The van der Waals surface area contributed by atoms with Crippen LogP contribution < -0.4 is 0 Å². The molecule has 0 saturated heterocycles. The van der Waals surface area contributed by atoms with Crippen LogP contribution in [0.15, 0.2) is 18.2 Å². The number of nitrogens with zero attached hydrogens (tertiary/aromatic N) is 2. The van der Waals surface area contributed by atoms with Gasteiger partial charge in [-0.15, -0.1) is 0 Å². The van der Waals surface area contributed by atoms with Crippen molar-refractivity contribution in [3.05, 3.63) is 34.6 Å². The van der Waals surface area contributed by atoms with Gasteiger partial charge in [0.15, 0.2) is 5.15 Å². The summed E-state index contributed by atoms with van der Waals surface area (Å²) in [6.45, 7) is 1.97. The molecule has 88 valence electrons. The molecule has 0 aliphatic carbocycles. The Balaban J connectivity index is 2.48. The molecule has 0 spiro atoms. The Morgan fingerprint density at radius 1 is 1.35 bits per heavy atom. The Bertz CT molecular complexity index is 584. The van der Waals surface area contributed by atoms with E-state index in [1.54, 1.807) is 0 Å². The molecule has 0 atom stereocenters. The first-order chi connectivity index (χ1) is 8.10. The fourth-order valence-electron chi connectivity index (χ4n) is 1.50. The van der Waals surface area contributed by atoms with Crippen LogP contribution in [0.25, 0.3) is 11.0 Å². The number of aryl methyl sites for hydroxylation is 1. The van der Waals surface area contributed by atoms with Crippen LogP contribution in [0.3, 0.4) is 0 Å². The standard InChI is InChI=1S/C12H11ClN2O2/c1-7-3-4-8-9(5-7)15-12(13)10(14-8)6-11(16)17-2/h3-5H,6H2,1-2H3. The first-order valence-corrected chi connectivity index (χ1v) is 5.47. The lowest BCUT2D eigenvalue weighted by atomic mass is 10.2. The monoisotopic (exact) mass is 250 g/mol. The summed E-state index contributed by atoms with van der Waals surface area (Å²) in [4.78, 5) is 19.7. The van der Waals surface area contributed by atoms with E-state index >= 15 is 0 Å². The van der Waals surface area contributed by atoms with E-state index in [9.17, 15) is 4.79 Å². The minimum absolute atomic E-state index is 0.0339. The number of esters is 1. The molecule has 0 fully saturated rings. The smallest absolute Gasteiger partial charge is 0.311 e. The molecular weight excluding hydrogens is 240 g/mol. The van der Waals surface area contributed by atoms with Gasteiger partial charge < -0.3 is 4.74 Å². The zero-order chi connectivity index (χ0) is 12.4. The Kier molecular flexibility index (Phi) is 3.24. The van der Waals surface area contributed by atoms with Gasteiger partial charge in [-0.2, -0.15) is 0 Å². The second kappa shape index (κ2) is 4.67. The van der Waals surface area contributed by atoms with Gasteiger partial charge in [0.1, 0.15) is 0 Å². The van der Waals surface area contributed by atoms with Crippen LogP contribution in [0.1, 0.15) is 11.3 Å². The van der Waals surface area contributed by atoms with Crippen molar-refractivity contribution in [3.8, 4) is 0 Å². The molecule has 17 heavy (non-hydrogen) atoms. The molecule has 0 aliphatic rings. The van der Waals surface area contributed by atoms with Crippen molar-refractivity contribution in [2.45, 2.75) is 13.3 Å². The van der Waals surface area contributed by atoms with E-state index in [-0.39, 0.29) is 17.5 Å². The second-order valence-electron chi connectivity index (χ2n) is 3.71. The molecule has 0 saturated carbocycles. The van der Waals surface area contributed by atoms with E-state index in [2.05, 4.69) is 14.7 Å². The Morgan fingerprint density at radius 3 is 2.82 bits per heavy atom. The zero-order valence-corrected chi connectivity index (χ0v) is 10.3. The Morgan fingerprint density at radius 2 is 2.12 bits per heavy atom. The van der Waals surface area contributed by atoms with Gasteiger partial charge in [0.05, 0.1) is 30.3 Å². The van der Waals surface area contributed by atoms with Crippen LogP contribution in [0.5, 0.6) is 0 Å². The molecule has 0 N–H and O–H groups in total. The number of carbonyl (C=O) groups is 1. The summed E-state index contributed by atoms with van der Waals surface area (Å²) >= 11 is 5.98. The topological polar surface area (TPSA) is 52.1 Å². The van der Waals surface area contributed by atoms with Gasteiger partial charge in [0, 0.05) is 0 Å². The fraction of sp³-hybridized carbons (Fsp3) is 0.250. The van der Waals surface area contributed by atoms with Crippen molar-refractivity contribution in [1.82, 2.24) is 9.97 Å². The first-order valence-electron chi connectivity index (χ1n) is 5.10. The van der Waals surface area contributed by atoms with Crippen molar-refractivity contribution in [2.24, 2.45) is 0 Å². The maximum atomic E-state index is 11.2. The Labute approximate surface area is 104 Å². The van der Waals surface area contributed by atoms with Crippen LogP contribution >= 0.6 is 11.6 Å². The van der Waals surface area contributed by atoms with Crippen LogP contribution in [0.2, 0.25) is 5.15 Å². The van der Waals surface area contributed by atoms with Gasteiger partial charge in [-0.05, 0) is 24.6 Å². The van der Waals surface area contributed by atoms with Crippen LogP contribution in [-0.4, -0.2) is 23.0 Å². The minimum Gasteiger partial charge on any atom is -0.469 e. The molecule has 2 rings (SSSR count). The molecule has 1 heterocycles. The van der Waals surface area contributed by atoms with Gasteiger partial charge in [0.25, 0.3) is 0 Å². The SMILES string of the molecule is COC(=O)Cc1nc2ccc(C)cc2nc1Cl. The third-order valence-electron chi connectivity index (χ3n) is 2.38. The summed E-state index contributed by atoms with van der Waals surface area (Å²) in [7, 11) is 1.33. The number of rotatable bonds is 2. The summed E-state index contributed by atoms with van der Waals surface area (Å²) in [6.07, 6.45) is 0.0339. The molecule has 1 aromatic heterocycles. The predicted octanol–water partition coefficient (Wildman–Crippen LogP) is 2.31. The number of methoxy groups -OCH3 is 1. The molecule has 4 nitrogen and oxygen atoms in total. The van der Waals surface area contributed by atoms with Gasteiger partial charge in [0.2, 0.25) is 0 Å². The number of hydrogen-bond donors (Lipinski definition) is 0. The highest BCUT2D eigenvalue weighted by Gasteiger charge is 2.11. The number of benzene rings is 1. The lowest BCUT2D eigenvalue weighted by Crippen LogP contribution is -2.07. The van der Waals surface area contributed by atoms with E-state index in [1.807, 2.05) is 25.1 Å². The fourth-order valence-corrected chi connectivity index (χ4v) is 1.70. The van der Waals surface area contributed by atoms with E-state index < -0.39 is 0 Å². The van der Waals surface area contributed by atoms with E-state index in [4.69, 9.17) is 11.6 Å². The number of aromatic nitrogens is 2. The molecule has 0 aliphatic heterocycles. The average molecular weight is 251 g/mol. The van der Waals surface area contributed by atoms with Crippen molar-refractivity contribution in [1.29, 1.82) is 0 Å². The molecule has 5 heteroatoms. The first kappa shape index (κ1) is 11.8. The number of fused-ring (bicyclic) bond motifs is 1. The van der Waals surface area contributed by atoms with Crippen molar-refractivity contribution >= 4 is 28.6 Å². The minimum atomic E-state index is -0.382. The maximum absolute atomic E-state index is 11.2. The molecule has 1 aromatic carbocycles. The molecular formula is C12H11ClN2O2. The predicted molar refractivity (Wildman–Crippen MR) is 65.0 cm³/mol. The van der Waals surface area contributed by atoms with Gasteiger partial charge in [-0.25, -0.2) is 9.97 Å². The largest absolute Gasteiger partial charge is 0.469 e. The summed E-state index contributed by atoms with van der Waals surface area (Å²) in [5.74, 6) is -0.382. The highest BCUT2D eigenvalue weighted by Crippen LogP contribution is 2.18. The highest BCUT2D eigenvalue weighted by molar-refractivity contribution is 6.30. The summed E-state index contributed by atoms with van der Waals surface area (Å²) in [5.41, 5.74) is 2.97. The molecule has 0 radical (unpaired) electrons. The molecule has 0 amide bonds. The zero-order valence-electron chi connectivity index (χ0n) is 9.53. The number of hydrogen-bond acceptors (Lipinski definition) is 4.